The molecule has 0 radical (unpaired) electrons. The Balaban J connectivity index is 3.56. The second-order valence-corrected chi connectivity index (χ2v) is 3.37. The number of halogens is 2. The first kappa shape index (κ1) is 10.2. The van der Waals surface area contributed by atoms with Gasteiger partial charge < -0.3 is 10.8 Å². The van der Waals surface area contributed by atoms with E-state index in [2.05, 4.69) is 0 Å². The van der Waals surface area contributed by atoms with Gasteiger partial charge in [0.05, 0.1) is 16.3 Å². The molecule has 1 aromatic carbocycles. The lowest BCUT2D eigenvalue weighted by Gasteiger charge is -2.08. The van der Waals surface area contributed by atoms with Crippen LogP contribution in [0.25, 0.3) is 0 Å². The zero-order valence-electron chi connectivity index (χ0n) is 6.77. The maximum atomic E-state index is 10.7. The molecule has 0 spiro atoms. The topological polar surface area (TPSA) is 63.3 Å². The Morgan fingerprint density at radius 3 is 2.46 bits per heavy atom. The van der Waals surface area contributed by atoms with E-state index in [1.165, 1.54) is 6.07 Å². The van der Waals surface area contributed by atoms with Crippen molar-refractivity contribution in [3.05, 3.63) is 27.2 Å². The Morgan fingerprint density at radius 1 is 1.46 bits per heavy atom. The van der Waals surface area contributed by atoms with Gasteiger partial charge in [0.25, 0.3) is 0 Å². The molecule has 70 valence electrons. The van der Waals surface area contributed by atoms with Crippen LogP contribution in [0.15, 0.2) is 6.07 Å². The van der Waals surface area contributed by atoms with Gasteiger partial charge in [-0.25, -0.2) is 4.79 Å². The van der Waals surface area contributed by atoms with Crippen LogP contribution in [0.5, 0.6) is 0 Å². The highest BCUT2D eigenvalue weighted by Crippen LogP contribution is 2.31. The minimum Gasteiger partial charge on any atom is -0.478 e. The molecule has 0 fully saturated rings. The first-order valence-corrected chi connectivity index (χ1v) is 4.18. The van der Waals surface area contributed by atoms with Gasteiger partial charge in [-0.1, -0.05) is 23.2 Å². The molecule has 0 bridgehead atoms. The first-order valence-electron chi connectivity index (χ1n) is 3.42. The quantitative estimate of drug-likeness (QED) is 0.715. The lowest BCUT2D eigenvalue weighted by atomic mass is 10.1. The molecule has 0 unspecified atom stereocenters. The zero-order valence-corrected chi connectivity index (χ0v) is 8.28. The number of hydrogen-bond donors (Lipinski definition) is 2. The van der Waals surface area contributed by atoms with Gasteiger partial charge in [0, 0.05) is 5.02 Å². The van der Waals surface area contributed by atoms with Gasteiger partial charge in [-0.05, 0) is 18.6 Å². The molecule has 0 saturated carbocycles. The predicted molar refractivity (Wildman–Crippen MR) is 52.6 cm³/mol. The van der Waals surface area contributed by atoms with Crippen molar-refractivity contribution in [1.82, 2.24) is 0 Å². The standard InChI is InChI=1S/C8H7Cl2NO2/c1-3-4(9)2-5(10)7(11)6(3)8(12)13/h2H,11H2,1H3,(H,12,13). The highest BCUT2D eigenvalue weighted by molar-refractivity contribution is 6.37. The van der Waals surface area contributed by atoms with Gasteiger partial charge in [-0.3, -0.25) is 0 Å². The highest BCUT2D eigenvalue weighted by atomic mass is 35.5. The van der Waals surface area contributed by atoms with Crippen LogP contribution in [0.1, 0.15) is 15.9 Å². The van der Waals surface area contributed by atoms with E-state index >= 15 is 0 Å². The summed E-state index contributed by atoms with van der Waals surface area (Å²) in [6.07, 6.45) is 0. The normalized spacial score (nSPS) is 10.1. The van der Waals surface area contributed by atoms with Gasteiger partial charge in [0.1, 0.15) is 0 Å². The van der Waals surface area contributed by atoms with Crippen LogP contribution in [0.4, 0.5) is 5.69 Å². The number of carboxylic acid groups (broad SMARTS) is 1. The van der Waals surface area contributed by atoms with Crippen LogP contribution in [0.3, 0.4) is 0 Å². The second-order valence-electron chi connectivity index (χ2n) is 2.56. The number of rotatable bonds is 1. The molecule has 1 aromatic rings. The van der Waals surface area contributed by atoms with Crippen molar-refractivity contribution in [2.45, 2.75) is 6.92 Å². The molecule has 0 aromatic heterocycles. The number of carbonyl (C=O) groups is 1. The number of benzene rings is 1. The van der Waals surface area contributed by atoms with Gasteiger partial charge in [-0.15, -0.1) is 0 Å². The minimum atomic E-state index is -1.13. The van der Waals surface area contributed by atoms with Gasteiger partial charge in [0.2, 0.25) is 0 Å². The fourth-order valence-corrected chi connectivity index (χ4v) is 1.48. The number of hydrogen-bond acceptors (Lipinski definition) is 2. The third kappa shape index (κ3) is 1.71. The molecule has 13 heavy (non-hydrogen) atoms. The molecule has 0 amide bonds. The van der Waals surface area contributed by atoms with Crippen LogP contribution >= 0.6 is 23.2 Å². The molecule has 0 atom stereocenters. The van der Waals surface area contributed by atoms with Crippen molar-refractivity contribution in [2.24, 2.45) is 0 Å². The van der Waals surface area contributed by atoms with E-state index < -0.39 is 5.97 Å². The van der Waals surface area contributed by atoms with Crippen LogP contribution in [-0.4, -0.2) is 11.1 Å². The third-order valence-electron chi connectivity index (χ3n) is 1.73. The summed E-state index contributed by atoms with van der Waals surface area (Å²) in [4.78, 5) is 10.7. The average Bonchev–Trinajstić information content (AvgIpc) is 2.01. The number of nitrogen functional groups attached to an aromatic ring is 1. The summed E-state index contributed by atoms with van der Waals surface area (Å²) in [5.41, 5.74) is 5.93. The van der Waals surface area contributed by atoms with E-state index in [1.807, 2.05) is 0 Å². The number of aromatic carboxylic acids is 1. The van der Waals surface area contributed by atoms with Crippen molar-refractivity contribution >= 4 is 34.9 Å². The van der Waals surface area contributed by atoms with Crippen molar-refractivity contribution in [1.29, 1.82) is 0 Å². The predicted octanol–water partition coefficient (Wildman–Crippen LogP) is 2.58. The minimum absolute atomic E-state index is 0.0301. The van der Waals surface area contributed by atoms with E-state index in [0.29, 0.717) is 10.6 Å². The Bertz CT molecular complexity index is 351. The zero-order chi connectivity index (χ0) is 10.2. The Hall–Kier alpha value is -0.930. The van der Waals surface area contributed by atoms with Crippen molar-refractivity contribution in [3.63, 3.8) is 0 Å². The van der Waals surface area contributed by atoms with Crippen molar-refractivity contribution < 1.29 is 9.90 Å². The molecule has 0 aliphatic carbocycles. The molecule has 0 saturated heterocycles. The monoisotopic (exact) mass is 219 g/mol. The maximum absolute atomic E-state index is 10.7. The molecular formula is C8H7Cl2NO2. The van der Waals surface area contributed by atoms with E-state index in [1.54, 1.807) is 6.92 Å². The van der Waals surface area contributed by atoms with Crippen LogP contribution in [0, 0.1) is 6.92 Å². The molecule has 1 rings (SSSR count). The second kappa shape index (κ2) is 3.44. The van der Waals surface area contributed by atoms with Crippen LogP contribution < -0.4 is 5.73 Å². The van der Waals surface area contributed by atoms with E-state index in [0.717, 1.165) is 0 Å². The summed E-state index contributed by atoms with van der Waals surface area (Å²) >= 11 is 11.4. The SMILES string of the molecule is Cc1c(Cl)cc(Cl)c(N)c1C(=O)O. The van der Waals surface area contributed by atoms with E-state index in [-0.39, 0.29) is 16.3 Å². The molecular weight excluding hydrogens is 213 g/mol. The highest BCUT2D eigenvalue weighted by Gasteiger charge is 2.16. The van der Waals surface area contributed by atoms with Gasteiger partial charge in [0.15, 0.2) is 0 Å². The number of carboxylic acids is 1. The fourth-order valence-electron chi connectivity index (χ4n) is 1.01. The summed E-state index contributed by atoms with van der Waals surface area (Å²) in [6.45, 7) is 1.58. The Kier molecular flexibility index (Phi) is 2.68. The Morgan fingerprint density at radius 2 is 2.00 bits per heavy atom. The number of nitrogens with two attached hydrogens (primary N) is 1. The van der Waals surface area contributed by atoms with Gasteiger partial charge in [-0.2, -0.15) is 0 Å². The lowest BCUT2D eigenvalue weighted by molar-refractivity contribution is 0.0697. The largest absolute Gasteiger partial charge is 0.478 e. The molecule has 0 aliphatic rings. The summed E-state index contributed by atoms with van der Waals surface area (Å²) in [6, 6.07) is 1.43. The third-order valence-corrected chi connectivity index (χ3v) is 2.43. The van der Waals surface area contributed by atoms with Crippen LogP contribution in [0.2, 0.25) is 10.0 Å². The van der Waals surface area contributed by atoms with Gasteiger partial charge >= 0.3 is 5.97 Å². The summed E-state index contributed by atoms with van der Waals surface area (Å²) in [5, 5.41) is 9.26. The Labute approximate surface area is 85.1 Å². The average molecular weight is 220 g/mol. The van der Waals surface area contributed by atoms with Crippen LogP contribution in [-0.2, 0) is 0 Å². The lowest BCUT2D eigenvalue weighted by Crippen LogP contribution is -2.06. The van der Waals surface area contributed by atoms with E-state index in [4.69, 9.17) is 34.0 Å². The summed E-state index contributed by atoms with van der Waals surface area (Å²) < 4.78 is 0. The molecule has 5 heteroatoms. The molecule has 3 nitrogen and oxygen atoms in total. The fraction of sp³-hybridized carbons (Fsp3) is 0.125. The van der Waals surface area contributed by atoms with Crippen molar-refractivity contribution in [3.8, 4) is 0 Å². The molecule has 0 aliphatic heterocycles. The summed E-state index contributed by atoms with van der Waals surface area (Å²) in [5.74, 6) is -1.13. The molecule has 3 N–H and O–H groups in total. The number of anilines is 1. The smallest absolute Gasteiger partial charge is 0.338 e. The van der Waals surface area contributed by atoms with Crippen molar-refractivity contribution in [2.75, 3.05) is 5.73 Å². The summed E-state index contributed by atoms with van der Waals surface area (Å²) in [7, 11) is 0. The van der Waals surface area contributed by atoms with E-state index in [9.17, 15) is 4.79 Å². The first-order chi connectivity index (χ1) is 5.95. The molecule has 0 heterocycles. The maximum Gasteiger partial charge on any atom is 0.338 e.